The topological polar surface area (TPSA) is 93.1 Å². The van der Waals surface area contributed by atoms with Gasteiger partial charge < -0.3 is 19.7 Å². The van der Waals surface area contributed by atoms with Gasteiger partial charge in [-0.15, -0.1) is 0 Å². The highest BCUT2D eigenvalue weighted by molar-refractivity contribution is 5.95. The summed E-state index contributed by atoms with van der Waals surface area (Å²) in [4.78, 5) is 25.4. The standard InChI is InChI=1S/C32H48O6/c1-18(33)38-26-16-24-28(2,3)25(34)12-14-31(24,7)23-11-13-30(6)20(9-10-22(30)32(23,26)8)19-15-21(37-17-19)27(35)29(4,5)36/h10,12,14,19-21,23-24,26-27,35-36H,9,11,13,15-17H2,1-8H3. The molecule has 0 amide bonds. The first kappa shape index (κ1) is 28.0. The molecule has 0 spiro atoms. The third-order valence-corrected chi connectivity index (χ3v) is 12.0. The molecule has 0 bridgehead atoms. The number of allylic oxidation sites excluding steroid dienone is 3. The van der Waals surface area contributed by atoms with Crippen LogP contribution in [0.1, 0.15) is 87.5 Å². The summed E-state index contributed by atoms with van der Waals surface area (Å²) in [5.74, 6) is 0.923. The lowest BCUT2D eigenvalue weighted by molar-refractivity contribution is -0.188. The molecule has 2 saturated carbocycles. The largest absolute Gasteiger partial charge is 0.462 e. The minimum Gasteiger partial charge on any atom is -0.462 e. The number of aliphatic hydroxyl groups is 2. The van der Waals surface area contributed by atoms with Crippen molar-refractivity contribution in [2.75, 3.05) is 6.61 Å². The molecule has 1 saturated heterocycles. The highest BCUT2D eigenvalue weighted by Gasteiger charge is 2.69. The van der Waals surface area contributed by atoms with Gasteiger partial charge in [0.05, 0.1) is 18.3 Å². The summed E-state index contributed by atoms with van der Waals surface area (Å²) < 4.78 is 12.3. The van der Waals surface area contributed by atoms with E-state index in [0.717, 1.165) is 25.7 Å². The van der Waals surface area contributed by atoms with Crippen molar-refractivity contribution in [3.63, 3.8) is 0 Å². The van der Waals surface area contributed by atoms with Gasteiger partial charge in [0.1, 0.15) is 12.2 Å². The molecular formula is C32H48O6. The van der Waals surface area contributed by atoms with Crippen molar-refractivity contribution in [2.24, 2.45) is 45.3 Å². The second-order valence-corrected chi connectivity index (χ2v) is 14.9. The van der Waals surface area contributed by atoms with Crippen molar-refractivity contribution < 1.29 is 29.3 Å². The number of rotatable bonds is 4. The Balaban J connectivity index is 1.50. The first-order valence-electron chi connectivity index (χ1n) is 14.6. The molecule has 10 unspecified atom stereocenters. The molecule has 212 valence electrons. The van der Waals surface area contributed by atoms with Crippen LogP contribution in [-0.2, 0) is 19.1 Å². The van der Waals surface area contributed by atoms with Crippen LogP contribution in [0.3, 0.4) is 0 Å². The molecule has 1 heterocycles. The molecule has 3 fully saturated rings. The van der Waals surface area contributed by atoms with Crippen LogP contribution < -0.4 is 0 Å². The molecule has 5 aliphatic rings. The summed E-state index contributed by atoms with van der Waals surface area (Å²) in [5.41, 5.74) is -0.853. The molecular weight excluding hydrogens is 480 g/mol. The Morgan fingerprint density at radius 2 is 1.84 bits per heavy atom. The number of fused-ring (bicyclic) bond motifs is 5. The van der Waals surface area contributed by atoms with Crippen LogP contribution in [0, 0.1) is 45.3 Å². The van der Waals surface area contributed by atoms with Gasteiger partial charge in [-0.2, -0.15) is 0 Å². The quantitative estimate of drug-likeness (QED) is 0.393. The molecule has 10 atom stereocenters. The average molecular weight is 529 g/mol. The van der Waals surface area contributed by atoms with Gasteiger partial charge in [-0.1, -0.05) is 52.3 Å². The van der Waals surface area contributed by atoms with Crippen LogP contribution in [0.25, 0.3) is 0 Å². The van der Waals surface area contributed by atoms with E-state index in [1.165, 1.54) is 12.5 Å². The summed E-state index contributed by atoms with van der Waals surface area (Å²) in [6.45, 7) is 16.5. The van der Waals surface area contributed by atoms with Gasteiger partial charge in [-0.25, -0.2) is 0 Å². The van der Waals surface area contributed by atoms with Gasteiger partial charge >= 0.3 is 5.97 Å². The van der Waals surface area contributed by atoms with E-state index in [9.17, 15) is 19.8 Å². The number of aliphatic hydroxyl groups excluding tert-OH is 1. The predicted octanol–water partition coefficient (Wildman–Crippen LogP) is 5.02. The average Bonchev–Trinajstić information content (AvgIpc) is 3.41. The van der Waals surface area contributed by atoms with Crippen LogP contribution in [-0.4, -0.2) is 52.5 Å². The lowest BCUT2D eigenvalue weighted by atomic mass is 9.38. The second kappa shape index (κ2) is 8.75. The summed E-state index contributed by atoms with van der Waals surface area (Å²) in [7, 11) is 0. The molecule has 1 aliphatic heterocycles. The molecule has 2 N–H and O–H groups in total. The summed E-state index contributed by atoms with van der Waals surface area (Å²) in [6.07, 6.45) is 9.25. The molecule has 0 aromatic rings. The zero-order valence-corrected chi connectivity index (χ0v) is 24.5. The fraction of sp³-hybridized carbons (Fsp3) is 0.812. The van der Waals surface area contributed by atoms with Crippen LogP contribution in [0.2, 0.25) is 0 Å². The van der Waals surface area contributed by atoms with Crippen molar-refractivity contribution in [1.82, 2.24) is 0 Å². The number of esters is 1. The number of ketones is 1. The summed E-state index contributed by atoms with van der Waals surface area (Å²) in [6, 6.07) is 0. The van der Waals surface area contributed by atoms with E-state index in [0.29, 0.717) is 24.9 Å². The molecule has 6 heteroatoms. The van der Waals surface area contributed by atoms with Crippen molar-refractivity contribution in [3.8, 4) is 0 Å². The predicted molar refractivity (Wildman–Crippen MR) is 145 cm³/mol. The van der Waals surface area contributed by atoms with Gasteiger partial charge in [-0.3, -0.25) is 9.59 Å². The van der Waals surface area contributed by atoms with E-state index >= 15 is 0 Å². The molecule has 0 radical (unpaired) electrons. The van der Waals surface area contributed by atoms with Gasteiger partial charge in [0.2, 0.25) is 0 Å². The maximum Gasteiger partial charge on any atom is 0.302 e. The van der Waals surface area contributed by atoms with Crippen LogP contribution in [0.5, 0.6) is 0 Å². The van der Waals surface area contributed by atoms with Gasteiger partial charge in [0.15, 0.2) is 5.78 Å². The normalized spacial score (nSPS) is 46.6. The van der Waals surface area contributed by atoms with Crippen LogP contribution in [0.4, 0.5) is 0 Å². The third-order valence-electron chi connectivity index (χ3n) is 12.0. The Bertz CT molecular complexity index is 1070. The van der Waals surface area contributed by atoms with Crippen molar-refractivity contribution >= 4 is 11.8 Å². The summed E-state index contributed by atoms with van der Waals surface area (Å²) >= 11 is 0. The molecule has 6 nitrogen and oxygen atoms in total. The van der Waals surface area contributed by atoms with Gasteiger partial charge in [0, 0.05) is 17.8 Å². The van der Waals surface area contributed by atoms with Crippen molar-refractivity contribution in [3.05, 3.63) is 23.8 Å². The van der Waals surface area contributed by atoms with E-state index in [-0.39, 0.29) is 52.0 Å². The Morgan fingerprint density at radius 1 is 1.16 bits per heavy atom. The lowest BCUT2D eigenvalue weighted by Gasteiger charge is -2.66. The molecule has 0 aromatic heterocycles. The van der Waals surface area contributed by atoms with E-state index in [2.05, 4.69) is 46.8 Å². The zero-order valence-electron chi connectivity index (χ0n) is 24.5. The molecule has 38 heavy (non-hydrogen) atoms. The Morgan fingerprint density at radius 3 is 2.47 bits per heavy atom. The van der Waals surface area contributed by atoms with E-state index in [1.54, 1.807) is 13.8 Å². The number of carbonyl (C=O) groups is 2. The van der Waals surface area contributed by atoms with E-state index in [1.807, 2.05) is 6.08 Å². The van der Waals surface area contributed by atoms with Gasteiger partial charge in [0.25, 0.3) is 0 Å². The maximum atomic E-state index is 13.0. The van der Waals surface area contributed by atoms with Crippen LogP contribution >= 0.6 is 0 Å². The van der Waals surface area contributed by atoms with Crippen molar-refractivity contribution in [1.29, 1.82) is 0 Å². The highest BCUT2D eigenvalue weighted by atomic mass is 16.5. The smallest absolute Gasteiger partial charge is 0.302 e. The van der Waals surface area contributed by atoms with E-state index in [4.69, 9.17) is 9.47 Å². The second-order valence-electron chi connectivity index (χ2n) is 14.9. The first-order chi connectivity index (χ1) is 17.5. The van der Waals surface area contributed by atoms with E-state index < -0.39 is 17.1 Å². The minimum atomic E-state index is -1.21. The number of carbonyl (C=O) groups excluding carboxylic acids is 2. The van der Waals surface area contributed by atoms with Gasteiger partial charge in [-0.05, 0) is 86.5 Å². The summed E-state index contributed by atoms with van der Waals surface area (Å²) in [5, 5.41) is 21.1. The third kappa shape index (κ3) is 3.83. The fourth-order valence-electron chi connectivity index (χ4n) is 10.0. The number of hydrogen-bond acceptors (Lipinski definition) is 6. The number of ether oxygens (including phenoxy) is 2. The molecule has 5 rings (SSSR count). The fourth-order valence-corrected chi connectivity index (χ4v) is 10.0. The van der Waals surface area contributed by atoms with Crippen molar-refractivity contribution in [2.45, 2.75) is 111 Å². The number of hydrogen-bond donors (Lipinski definition) is 2. The minimum absolute atomic E-state index is 0.0564. The van der Waals surface area contributed by atoms with Crippen LogP contribution in [0.15, 0.2) is 23.8 Å². The SMILES string of the molecule is CC(=O)OC1CC2C(C)(C)C(=O)C=CC2(C)C2CCC3(C)C(=CCC3C3COC(C(O)C(C)(C)O)C3)C12C. The maximum absolute atomic E-state index is 13.0. The molecule has 0 aromatic carbocycles. The Kier molecular flexibility index (Phi) is 6.46. The monoisotopic (exact) mass is 528 g/mol. The highest BCUT2D eigenvalue weighted by Crippen LogP contribution is 2.72. The Labute approximate surface area is 228 Å². The first-order valence-corrected chi connectivity index (χ1v) is 14.6. The Hall–Kier alpha value is -1.50. The molecule has 4 aliphatic carbocycles. The lowest BCUT2D eigenvalue weighted by Crippen LogP contribution is -2.64. The zero-order chi connectivity index (χ0) is 28.1.